The zero-order valence-electron chi connectivity index (χ0n) is 13.2. The lowest BCUT2D eigenvalue weighted by atomic mass is 10.1. The standard InChI is InChI=1S/C18H21NO3S/c1-23(21,22)14-8-13-18(20)19(17-11-6-3-7-12-17)15-16-9-4-2-5-10-16/h2-7,9-12H,8,13-15H2,1H3. The monoisotopic (exact) mass is 331 g/mol. The third-order valence-corrected chi connectivity index (χ3v) is 4.49. The zero-order valence-corrected chi connectivity index (χ0v) is 14.0. The molecule has 0 aliphatic heterocycles. The molecule has 0 radical (unpaired) electrons. The highest BCUT2D eigenvalue weighted by Crippen LogP contribution is 2.18. The first-order valence-corrected chi connectivity index (χ1v) is 9.59. The number of nitrogens with zero attached hydrogens (tertiary/aromatic N) is 1. The van der Waals surface area contributed by atoms with E-state index in [1.54, 1.807) is 4.90 Å². The molecule has 2 aromatic rings. The summed E-state index contributed by atoms with van der Waals surface area (Å²) in [6, 6.07) is 19.2. The number of hydrogen-bond donors (Lipinski definition) is 0. The number of hydrogen-bond acceptors (Lipinski definition) is 3. The van der Waals surface area contributed by atoms with Crippen LogP contribution in [-0.4, -0.2) is 26.3 Å². The van der Waals surface area contributed by atoms with Crippen molar-refractivity contribution < 1.29 is 13.2 Å². The second-order valence-electron chi connectivity index (χ2n) is 5.53. The van der Waals surface area contributed by atoms with Gasteiger partial charge in [-0.2, -0.15) is 0 Å². The van der Waals surface area contributed by atoms with Crippen LogP contribution in [0.25, 0.3) is 0 Å². The van der Waals surface area contributed by atoms with Crippen molar-refractivity contribution >= 4 is 21.4 Å². The van der Waals surface area contributed by atoms with Crippen LogP contribution in [0.3, 0.4) is 0 Å². The summed E-state index contributed by atoms with van der Waals surface area (Å²) >= 11 is 0. The minimum Gasteiger partial charge on any atom is -0.308 e. The average molecular weight is 331 g/mol. The summed E-state index contributed by atoms with van der Waals surface area (Å²) in [6.07, 6.45) is 1.75. The molecule has 0 spiro atoms. The van der Waals surface area contributed by atoms with Crippen molar-refractivity contribution in [3.8, 4) is 0 Å². The summed E-state index contributed by atoms with van der Waals surface area (Å²) in [7, 11) is -3.04. The van der Waals surface area contributed by atoms with Gasteiger partial charge in [-0.15, -0.1) is 0 Å². The van der Waals surface area contributed by atoms with Gasteiger partial charge in [0, 0.05) is 18.4 Å². The summed E-state index contributed by atoms with van der Waals surface area (Å²) in [5.74, 6) is -0.0316. The third-order valence-electron chi connectivity index (χ3n) is 3.46. The molecule has 0 N–H and O–H groups in total. The van der Waals surface area contributed by atoms with Gasteiger partial charge in [0.25, 0.3) is 0 Å². The summed E-state index contributed by atoms with van der Waals surface area (Å²) in [5, 5.41) is 0. The van der Waals surface area contributed by atoms with Crippen LogP contribution in [0.15, 0.2) is 60.7 Å². The maximum absolute atomic E-state index is 12.6. The molecule has 4 nitrogen and oxygen atoms in total. The number of benzene rings is 2. The third kappa shape index (κ3) is 5.87. The maximum atomic E-state index is 12.6. The van der Waals surface area contributed by atoms with Gasteiger partial charge < -0.3 is 4.90 Å². The average Bonchev–Trinajstić information content (AvgIpc) is 2.53. The highest BCUT2D eigenvalue weighted by atomic mass is 32.2. The van der Waals surface area contributed by atoms with Crippen LogP contribution in [-0.2, 0) is 21.2 Å². The van der Waals surface area contributed by atoms with Crippen molar-refractivity contribution in [3.05, 3.63) is 66.2 Å². The van der Waals surface area contributed by atoms with Gasteiger partial charge in [-0.05, 0) is 24.1 Å². The minimum absolute atomic E-state index is 0.0344. The summed E-state index contributed by atoms with van der Waals surface area (Å²) < 4.78 is 22.4. The van der Waals surface area contributed by atoms with Crippen LogP contribution in [0.4, 0.5) is 5.69 Å². The molecule has 2 aromatic carbocycles. The fourth-order valence-electron chi connectivity index (χ4n) is 2.32. The Morgan fingerprint density at radius 2 is 1.52 bits per heavy atom. The molecule has 0 heterocycles. The number of sulfone groups is 1. The molecule has 0 fully saturated rings. The molecule has 0 bridgehead atoms. The van der Waals surface area contributed by atoms with Crippen LogP contribution in [0, 0.1) is 0 Å². The first-order chi connectivity index (χ1) is 11.0. The summed E-state index contributed by atoms with van der Waals surface area (Å²) in [6.45, 7) is 0.475. The van der Waals surface area contributed by atoms with E-state index < -0.39 is 9.84 Å². The Balaban J connectivity index is 2.12. The Morgan fingerprint density at radius 1 is 0.957 bits per heavy atom. The number of amides is 1. The van der Waals surface area contributed by atoms with Crippen LogP contribution in [0.2, 0.25) is 0 Å². The van der Waals surface area contributed by atoms with Gasteiger partial charge in [-0.25, -0.2) is 8.42 Å². The maximum Gasteiger partial charge on any atom is 0.227 e. The molecule has 0 aromatic heterocycles. The van der Waals surface area contributed by atoms with Gasteiger partial charge >= 0.3 is 0 Å². The van der Waals surface area contributed by atoms with E-state index in [0.717, 1.165) is 11.3 Å². The Labute approximate surface area is 137 Å². The molecular weight excluding hydrogens is 310 g/mol. The Bertz CT molecular complexity index is 727. The SMILES string of the molecule is CS(=O)(=O)CCCC(=O)N(Cc1ccccc1)c1ccccc1. The van der Waals surface area contributed by atoms with E-state index >= 15 is 0 Å². The van der Waals surface area contributed by atoms with Crippen molar-refractivity contribution in [2.45, 2.75) is 19.4 Å². The van der Waals surface area contributed by atoms with Crippen molar-refractivity contribution in [2.24, 2.45) is 0 Å². The first kappa shape index (κ1) is 17.2. The van der Waals surface area contributed by atoms with Crippen LogP contribution in [0.5, 0.6) is 0 Å². The Kier molecular flexibility index (Phi) is 5.93. The van der Waals surface area contributed by atoms with Crippen molar-refractivity contribution in [2.75, 3.05) is 16.9 Å². The minimum atomic E-state index is -3.04. The van der Waals surface area contributed by atoms with E-state index in [9.17, 15) is 13.2 Å². The molecule has 0 atom stereocenters. The fourth-order valence-corrected chi connectivity index (χ4v) is 2.99. The molecule has 0 aliphatic carbocycles. The lowest BCUT2D eigenvalue weighted by molar-refractivity contribution is -0.118. The highest BCUT2D eigenvalue weighted by Gasteiger charge is 2.16. The normalized spacial score (nSPS) is 11.2. The van der Waals surface area contributed by atoms with Gasteiger partial charge in [0.2, 0.25) is 5.91 Å². The molecule has 0 saturated carbocycles. The van der Waals surface area contributed by atoms with E-state index in [1.165, 1.54) is 6.26 Å². The molecule has 5 heteroatoms. The topological polar surface area (TPSA) is 54.5 Å². The Hall–Kier alpha value is -2.14. The van der Waals surface area contributed by atoms with E-state index in [1.807, 2.05) is 60.7 Å². The number of anilines is 1. The summed E-state index contributed by atoms with van der Waals surface area (Å²) in [4.78, 5) is 14.3. The van der Waals surface area contributed by atoms with E-state index in [4.69, 9.17) is 0 Å². The second kappa shape index (κ2) is 7.92. The summed E-state index contributed by atoms with van der Waals surface area (Å²) in [5.41, 5.74) is 1.86. The van der Waals surface area contributed by atoms with Crippen LogP contribution >= 0.6 is 0 Å². The number of para-hydroxylation sites is 1. The van der Waals surface area contributed by atoms with Crippen molar-refractivity contribution in [3.63, 3.8) is 0 Å². The molecule has 1 amide bonds. The molecule has 0 unspecified atom stereocenters. The van der Waals surface area contributed by atoms with Crippen LogP contribution < -0.4 is 4.90 Å². The fraction of sp³-hybridized carbons (Fsp3) is 0.278. The van der Waals surface area contributed by atoms with E-state index in [0.29, 0.717) is 13.0 Å². The van der Waals surface area contributed by atoms with Crippen molar-refractivity contribution in [1.82, 2.24) is 0 Å². The number of carbonyl (C=O) groups is 1. The van der Waals surface area contributed by atoms with E-state index in [-0.39, 0.29) is 18.1 Å². The van der Waals surface area contributed by atoms with Gasteiger partial charge in [-0.3, -0.25) is 4.79 Å². The van der Waals surface area contributed by atoms with Gasteiger partial charge in [0.1, 0.15) is 9.84 Å². The predicted molar refractivity (Wildman–Crippen MR) is 93.0 cm³/mol. The molecule has 122 valence electrons. The quantitative estimate of drug-likeness (QED) is 0.783. The molecular formula is C18H21NO3S. The lowest BCUT2D eigenvalue weighted by Crippen LogP contribution is -2.30. The predicted octanol–water partition coefficient (Wildman–Crippen LogP) is 3.04. The largest absolute Gasteiger partial charge is 0.308 e. The van der Waals surface area contributed by atoms with E-state index in [2.05, 4.69) is 0 Å². The first-order valence-electron chi connectivity index (χ1n) is 7.53. The van der Waals surface area contributed by atoms with Crippen molar-refractivity contribution in [1.29, 1.82) is 0 Å². The van der Waals surface area contributed by atoms with Gasteiger partial charge in [0.15, 0.2) is 0 Å². The molecule has 0 aliphatic rings. The molecule has 0 saturated heterocycles. The number of rotatable bonds is 7. The van der Waals surface area contributed by atoms with Gasteiger partial charge in [0.05, 0.1) is 12.3 Å². The van der Waals surface area contributed by atoms with Gasteiger partial charge in [-0.1, -0.05) is 48.5 Å². The smallest absolute Gasteiger partial charge is 0.227 e. The van der Waals surface area contributed by atoms with Crippen LogP contribution in [0.1, 0.15) is 18.4 Å². The lowest BCUT2D eigenvalue weighted by Gasteiger charge is -2.23. The number of carbonyl (C=O) groups excluding carboxylic acids is 1. The molecule has 23 heavy (non-hydrogen) atoms. The molecule has 2 rings (SSSR count). The Morgan fingerprint density at radius 3 is 2.09 bits per heavy atom. The zero-order chi connectivity index (χ0) is 16.7. The second-order valence-corrected chi connectivity index (χ2v) is 7.79. The highest BCUT2D eigenvalue weighted by molar-refractivity contribution is 7.90.